The van der Waals surface area contributed by atoms with Crippen molar-refractivity contribution in [1.82, 2.24) is 14.9 Å². The largest absolute Gasteiger partial charge is 0.378 e. The molecule has 32 heavy (non-hydrogen) atoms. The van der Waals surface area contributed by atoms with Crippen molar-refractivity contribution >= 4 is 15.7 Å². The van der Waals surface area contributed by atoms with Gasteiger partial charge in [-0.3, -0.25) is 0 Å². The highest BCUT2D eigenvalue weighted by Gasteiger charge is 2.22. The van der Waals surface area contributed by atoms with E-state index >= 15 is 0 Å². The molecule has 0 aliphatic carbocycles. The maximum absolute atomic E-state index is 13.1. The predicted molar refractivity (Wildman–Crippen MR) is 125 cm³/mol. The number of aromatic nitrogens is 2. The fourth-order valence-corrected chi connectivity index (χ4v) is 4.41. The third-order valence-electron chi connectivity index (χ3n) is 5.06. The summed E-state index contributed by atoms with van der Waals surface area (Å²) >= 11 is 0. The van der Waals surface area contributed by atoms with Crippen LogP contribution in [0.4, 0.5) is 5.69 Å². The van der Waals surface area contributed by atoms with Crippen LogP contribution in [-0.4, -0.2) is 32.7 Å². The molecule has 0 aliphatic rings. The molecule has 7 nitrogen and oxygen atoms in total. The molecule has 0 radical (unpaired) electrons. The van der Waals surface area contributed by atoms with Crippen LogP contribution in [0.1, 0.15) is 11.1 Å². The quantitative estimate of drug-likeness (QED) is 0.455. The molecule has 0 atom stereocenters. The molecule has 1 aromatic heterocycles. The zero-order valence-electron chi connectivity index (χ0n) is 18.1. The van der Waals surface area contributed by atoms with Crippen molar-refractivity contribution in [3.05, 3.63) is 83.9 Å². The minimum absolute atomic E-state index is 0.0871. The van der Waals surface area contributed by atoms with Crippen LogP contribution >= 0.6 is 0 Å². The average molecular weight is 449 g/mol. The molecule has 4 aromatic rings. The first-order valence-corrected chi connectivity index (χ1v) is 11.6. The van der Waals surface area contributed by atoms with Gasteiger partial charge in [-0.05, 0) is 36.8 Å². The summed E-state index contributed by atoms with van der Waals surface area (Å²) in [5, 5.41) is 4.03. The van der Waals surface area contributed by atoms with Crippen molar-refractivity contribution in [2.45, 2.75) is 18.4 Å². The second-order valence-corrected chi connectivity index (χ2v) is 9.41. The number of hydrogen-bond donors (Lipinski definition) is 1. The van der Waals surface area contributed by atoms with Gasteiger partial charge in [-0.25, -0.2) is 13.1 Å². The van der Waals surface area contributed by atoms with Gasteiger partial charge in [0.05, 0.1) is 10.5 Å². The summed E-state index contributed by atoms with van der Waals surface area (Å²) in [5.74, 6) is 0.554. The second-order valence-electron chi connectivity index (χ2n) is 7.67. The number of nitrogens with one attached hydrogen (secondary N) is 1. The molecule has 8 heteroatoms. The van der Waals surface area contributed by atoms with Crippen molar-refractivity contribution in [1.29, 1.82) is 0 Å². The monoisotopic (exact) mass is 448 g/mol. The van der Waals surface area contributed by atoms with E-state index in [1.165, 1.54) is 6.07 Å². The fourth-order valence-electron chi connectivity index (χ4n) is 3.20. The molecule has 0 unspecified atom stereocenters. The van der Waals surface area contributed by atoms with Crippen LogP contribution in [0, 0.1) is 6.92 Å². The zero-order chi connectivity index (χ0) is 22.7. The van der Waals surface area contributed by atoms with E-state index in [0.717, 1.165) is 22.4 Å². The third kappa shape index (κ3) is 4.71. The van der Waals surface area contributed by atoms with Gasteiger partial charge in [0.2, 0.25) is 15.8 Å². The van der Waals surface area contributed by atoms with Gasteiger partial charge >= 0.3 is 0 Å². The van der Waals surface area contributed by atoms with Crippen molar-refractivity contribution in [3.8, 4) is 22.8 Å². The summed E-state index contributed by atoms with van der Waals surface area (Å²) < 4.78 is 34.2. The topological polar surface area (TPSA) is 88.3 Å². The van der Waals surface area contributed by atoms with Crippen LogP contribution in [-0.2, 0) is 16.6 Å². The molecule has 0 aliphatic heterocycles. The highest BCUT2D eigenvalue weighted by Crippen LogP contribution is 2.28. The molecule has 0 saturated heterocycles. The Hall–Kier alpha value is -3.49. The van der Waals surface area contributed by atoms with Gasteiger partial charge in [-0.1, -0.05) is 59.3 Å². The Labute approximate surface area is 187 Å². The van der Waals surface area contributed by atoms with Crippen LogP contribution in [0.15, 0.2) is 82.2 Å². The van der Waals surface area contributed by atoms with E-state index in [-0.39, 0.29) is 17.3 Å². The summed E-state index contributed by atoms with van der Waals surface area (Å²) in [7, 11) is 0.0966. The van der Waals surface area contributed by atoms with Crippen LogP contribution in [0.3, 0.4) is 0 Å². The number of anilines is 1. The van der Waals surface area contributed by atoms with E-state index in [1.807, 2.05) is 74.4 Å². The summed E-state index contributed by atoms with van der Waals surface area (Å²) in [6.07, 6.45) is 0. The van der Waals surface area contributed by atoms with Crippen LogP contribution in [0.25, 0.3) is 22.8 Å². The highest BCUT2D eigenvalue weighted by atomic mass is 32.2. The van der Waals surface area contributed by atoms with Gasteiger partial charge in [0.1, 0.15) is 0 Å². The van der Waals surface area contributed by atoms with Gasteiger partial charge in [-0.15, -0.1) is 0 Å². The van der Waals surface area contributed by atoms with E-state index in [4.69, 9.17) is 4.52 Å². The maximum atomic E-state index is 13.1. The first-order valence-electron chi connectivity index (χ1n) is 10.1. The number of nitrogens with zero attached hydrogens (tertiary/aromatic N) is 3. The lowest BCUT2D eigenvalue weighted by Gasteiger charge is -2.13. The van der Waals surface area contributed by atoms with Crippen molar-refractivity contribution in [3.63, 3.8) is 0 Å². The molecular weight excluding hydrogens is 424 g/mol. The zero-order valence-corrected chi connectivity index (χ0v) is 18.9. The van der Waals surface area contributed by atoms with Crippen LogP contribution < -0.4 is 9.62 Å². The van der Waals surface area contributed by atoms with Gasteiger partial charge in [0, 0.05) is 31.9 Å². The van der Waals surface area contributed by atoms with Gasteiger partial charge in [0.15, 0.2) is 0 Å². The summed E-state index contributed by atoms with van der Waals surface area (Å²) in [6, 6.07) is 22.0. The Morgan fingerprint density at radius 1 is 0.938 bits per heavy atom. The molecule has 164 valence electrons. The summed E-state index contributed by atoms with van der Waals surface area (Å²) in [5.41, 5.74) is 4.18. The number of hydrogen-bond acceptors (Lipinski definition) is 6. The maximum Gasteiger partial charge on any atom is 0.259 e. The van der Waals surface area contributed by atoms with Gasteiger partial charge in [-0.2, -0.15) is 4.98 Å². The van der Waals surface area contributed by atoms with E-state index in [0.29, 0.717) is 11.4 Å². The van der Waals surface area contributed by atoms with Crippen molar-refractivity contribution in [2.75, 3.05) is 19.0 Å². The molecular formula is C24H24N4O3S. The molecule has 0 fully saturated rings. The van der Waals surface area contributed by atoms with Gasteiger partial charge < -0.3 is 9.42 Å². The average Bonchev–Trinajstić information content (AvgIpc) is 3.29. The van der Waals surface area contributed by atoms with Gasteiger partial charge in [0.25, 0.3) is 5.89 Å². The summed E-state index contributed by atoms with van der Waals surface area (Å²) in [6.45, 7) is 2.17. The normalized spacial score (nSPS) is 11.5. The fraction of sp³-hybridized carbons (Fsp3) is 0.167. The molecule has 0 spiro atoms. The number of sulfonamides is 1. The van der Waals surface area contributed by atoms with Crippen molar-refractivity contribution < 1.29 is 12.9 Å². The highest BCUT2D eigenvalue weighted by molar-refractivity contribution is 7.89. The van der Waals surface area contributed by atoms with E-state index in [2.05, 4.69) is 14.9 Å². The number of aryl methyl sites for hydroxylation is 1. The van der Waals surface area contributed by atoms with Crippen molar-refractivity contribution in [2.24, 2.45) is 0 Å². The second kappa shape index (κ2) is 8.94. The minimum Gasteiger partial charge on any atom is -0.378 e. The molecule has 4 rings (SSSR count). The van der Waals surface area contributed by atoms with Crippen LogP contribution in [0.2, 0.25) is 0 Å². The van der Waals surface area contributed by atoms with E-state index < -0.39 is 10.0 Å². The SMILES string of the molecule is Cc1ccc(-c2noc(-c3ccccc3S(=O)(=O)NCc3ccc(N(C)C)cc3)n2)cc1. The molecule has 3 aromatic carbocycles. The lowest BCUT2D eigenvalue weighted by atomic mass is 10.1. The van der Waals surface area contributed by atoms with E-state index in [9.17, 15) is 8.42 Å². The molecule has 0 amide bonds. The Morgan fingerprint density at radius 3 is 2.31 bits per heavy atom. The smallest absolute Gasteiger partial charge is 0.259 e. The molecule has 0 bridgehead atoms. The molecule has 0 saturated carbocycles. The lowest BCUT2D eigenvalue weighted by molar-refractivity contribution is 0.431. The minimum atomic E-state index is -3.81. The molecule has 1 heterocycles. The lowest BCUT2D eigenvalue weighted by Crippen LogP contribution is -2.24. The van der Waals surface area contributed by atoms with Crippen LogP contribution in [0.5, 0.6) is 0 Å². The first kappa shape index (κ1) is 21.7. The van der Waals surface area contributed by atoms with E-state index in [1.54, 1.807) is 18.2 Å². The standard InChI is InChI=1S/C24H24N4O3S/c1-17-8-12-19(13-9-17)23-26-24(31-27-23)21-6-4-5-7-22(21)32(29,30)25-16-18-10-14-20(15-11-18)28(2)3/h4-15,25H,16H2,1-3H3. The first-order chi connectivity index (χ1) is 15.3. The predicted octanol–water partition coefficient (Wildman–Crippen LogP) is 4.26. The summed E-state index contributed by atoms with van der Waals surface area (Å²) in [4.78, 5) is 6.50. The Morgan fingerprint density at radius 2 is 1.62 bits per heavy atom. The number of rotatable bonds is 7. The third-order valence-corrected chi connectivity index (χ3v) is 6.52. The number of benzene rings is 3. The Balaban J connectivity index is 1.58. The molecule has 1 N–H and O–H groups in total. The Kier molecular flexibility index (Phi) is 6.07. The Bertz CT molecular complexity index is 1310.